The molecule has 0 fully saturated rings. The second-order valence-corrected chi connectivity index (χ2v) is 11.6. The fourth-order valence-electron chi connectivity index (χ4n) is 4.81. The summed E-state index contributed by atoms with van der Waals surface area (Å²) in [7, 11) is 0. The molecule has 0 radical (unpaired) electrons. The van der Waals surface area contributed by atoms with Crippen molar-refractivity contribution in [3.05, 3.63) is 102 Å². The molecule has 5 rings (SSSR count). The molecule has 0 spiro atoms. The van der Waals surface area contributed by atoms with Crippen molar-refractivity contribution in [1.82, 2.24) is 15.3 Å². The molecule has 8 heteroatoms. The summed E-state index contributed by atoms with van der Waals surface area (Å²) in [5.74, 6) is -0.0361. The number of hydrogen-bond donors (Lipinski definition) is 2. The maximum Gasteiger partial charge on any atom is 0.326 e. The van der Waals surface area contributed by atoms with Crippen molar-refractivity contribution in [3.63, 3.8) is 0 Å². The Morgan fingerprint density at radius 3 is 2.26 bits per heavy atom. The third-order valence-corrected chi connectivity index (χ3v) is 8.38. The fourth-order valence-corrected chi connectivity index (χ4v) is 5.78. The van der Waals surface area contributed by atoms with Gasteiger partial charge in [0.15, 0.2) is 5.82 Å². The first-order valence-electron chi connectivity index (χ1n) is 14.7. The maximum atomic E-state index is 12.8. The second-order valence-electron chi connectivity index (χ2n) is 10.5. The number of nitrogens with one attached hydrogen (secondary N) is 1. The van der Waals surface area contributed by atoms with Gasteiger partial charge in [-0.1, -0.05) is 87.2 Å². The largest absolute Gasteiger partial charge is 0.494 e. The number of carbonyl (C=O) groups is 2. The van der Waals surface area contributed by atoms with Gasteiger partial charge >= 0.3 is 5.97 Å². The van der Waals surface area contributed by atoms with E-state index in [0.717, 1.165) is 51.1 Å². The molecule has 220 valence electrons. The molecule has 1 atom stereocenters. The molecule has 0 saturated heterocycles. The number of unbranched alkanes of at least 4 members (excludes halogenated alkanes) is 4. The molecule has 1 amide bonds. The highest BCUT2D eigenvalue weighted by Crippen LogP contribution is 2.26. The van der Waals surface area contributed by atoms with Crippen molar-refractivity contribution >= 4 is 33.3 Å². The number of rotatable bonds is 14. The van der Waals surface area contributed by atoms with Crippen molar-refractivity contribution in [2.45, 2.75) is 51.5 Å². The minimum atomic E-state index is -1.08. The van der Waals surface area contributed by atoms with Gasteiger partial charge in [-0.25, -0.2) is 14.8 Å². The SMILES string of the molecule is CCCCCCCOc1ccc(-c2cnc(-c3ccc(CC(NC(=O)c4cc5ccccc5s4)C(=O)O)cc3)nc2)cc1. The van der Waals surface area contributed by atoms with Crippen LogP contribution in [0.2, 0.25) is 0 Å². The fraction of sp³-hybridized carbons (Fsp3) is 0.257. The molecular weight excluding hydrogens is 558 g/mol. The monoisotopic (exact) mass is 593 g/mol. The van der Waals surface area contributed by atoms with E-state index in [0.29, 0.717) is 10.7 Å². The van der Waals surface area contributed by atoms with Crippen LogP contribution in [-0.2, 0) is 11.2 Å². The number of amides is 1. The smallest absolute Gasteiger partial charge is 0.326 e. The Balaban J connectivity index is 1.16. The van der Waals surface area contributed by atoms with Gasteiger partial charge in [0.1, 0.15) is 11.8 Å². The van der Waals surface area contributed by atoms with Crippen molar-refractivity contribution in [2.24, 2.45) is 0 Å². The van der Waals surface area contributed by atoms with Crippen LogP contribution in [0.15, 0.2) is 91.3 Å². The molecule has 7 nitrogen and oxygen atoms in total. The summed E-state index contributed by atoms with van der Waals surface area (Å²) in [4.78, 5) is 34.3. The second kappa shape index (κ2) is 14.6. The van der Waals surface area contributed by atoms with Crippen molar-refractivity contribution in [2.75, 3.05) is 6.61 Å². The predicted octanol–water partition coefficient (Wildman–Crippen LogP) is 7.80. The van der Waals surface area contributed by atoms with E-state index < -0.39 is 17.9 Å². The van der Waals surface area contributed by atoms with Gasteiger partial charge in [-0.2, -0.15) is 0 Å². The zero-order valence-electron chi connectivity index (χ0n) is 24.2. The number of aromatic nitrogens is 2. The molecule has 2 heterocycles. The number of ether oxygens (including phenoxy) is 1. The number of fused-ring (bicyclic) bond motifs is 1. The Hall–Kier alpha value is -4.56. The number of carboxylic acid groups (broad SMARTS) is 1. The zero-order valence-corrected chi connectivity index (χ0v) is 25.0. The van der Waals surface area contributed by atoms with E-state index in [1.54, 1.807) is 18.5 Å². The predicted molar refractivity (Wildman–Crippen MR) is 172 cm³/mol. The van der Waals surface area contributed by atoms with Gasteiger partial charge in [-0.3, -0.25) is 4.79 Å². The minimum Gasteiger partial charge on any atom is -0.494 e. The summed E-state index contributed by atoms with van der Waals surface area (Å²) in [6, 6.07) is 23.8. The van der Waals surface area contributed by atoms with Crippen LogP contribution in [-0.4, -0.2) is 39.6 Å². The lowest BCUT2D eigenvalue weighted by Crippen LogP contribution is -2.42. The lowest BCUT2D eigenvalue weighted by molar-refractivity contribution is -0.139. The van der Waals surface area contributed by atoms with Gasteiger partial charge in [0.25, 0.3) is 5.91 Å². The highest BCUT2D eigenvalue weighted by atomic mass is 32.1. The molecule has 43 heavy (non-hydrogen) atoms. The topological polar surface area (TPSA) is 101 Å². The van der Waals surface area contributed by atoms with Crippen molar-refractivity contribution < 1.29 is 19.4 Å². The molecule has 3 aromatic carbocycles. The van der Waals surface area contributed by atoms with Crippen LogP contribution in [0.4, 0.5) is 0 Å². The molecule has 0 aliphatic carbocycles. The Kier molecular flexibility index (Phi) is 10.1. The maximum absolute atomic E-state index is 12.8. The highest BCUT2D eigenvalue weighted by Gasteiger charge is 2.22. The standard InChI is InChI=1S/C35H35N3O4S/c1-2-3-4-5-8-19-42-29-17-15-25(16-18-29)28-22-36-33(37-23-28)26-13-11-24(12-14-26)20-30(35(40)41)38-34(39)32-21-27-9-6-7-10-31(27)43-32/h6-7,9-18,21-23,30H,2-5,8,19-20H2,1H3,(H,38,39)(H,40,41). The molecular formula is C35H35N3O4S. The Bertz CT molecular complexity index is 1610. The van der Waals surface area contributed by atoms with Crippen LogP contribution in [0.5, 0.6) is 5.75 Å². The van der Waals surface area contributed by atoms with E-state index in [9.17, 15) is 14.7 Å². The quantitative estimate of drug-likeness (QED) is 0.127. The number of aliphatic carboxylic acids is 1. The summed E-state index contributed by atoms with van der Waals surface area (Å²) in [6.07, 6.45) is 9.81. The zero-order chi connectivity index (χ0) is 30.0. The lowest BCUT2D eigenvalue weighted by atomic mass is 10.0. The Labute approximate surface area is 255 Å². The molecule has 2 aromatic heterocycles. The van der Waals surface area contributed by atoms with Gasteiger partial charge in [-0.15, -0.1) is 11.3 Å². The Morgan fingerprint density at radius 2 is 1.56 bits per heavy atom. The van der Waals surface area contributed by atoms with Crippen LogP contribution in [0, 0.1) is 0 Å². The number of thiophene rings is 1. The van der Waals surface area contributed by atoms with Gasteiger partial charge in [0.2, 0.25) is 0 Å². The highest BCUT2D eigenvalue weighted by molar-refractivity contribution is 7.20. The van der Waals surface area contributed by atoms with E-state index in [1.807, 2.05) is 72.8 Å². The first kappa shape index (κ1) is 29.9. The summed E-state index contributed by atoms with van der Waals surface area (Å²) in [5.41, 5.74) is 3.52. The van der Waals surface area contributed by atoms with Crippen LogP contribution in [0.25, 0.3) is 32.6 Å². The molecule has 0 aliphatic rings. The summed E-state index contributed by atoms with van der Waals surface area (Å²) in [6.45, 7) is 2.95. The third-order valence-electron chi connectivity index (χ3n) is 7.26. The first-order chi connectivity index (χ1) is 21.0. The average molecular weight is 594 g/mol. The summed E-state index contributed by atoms with van der Waals surface area (Å²) < 4.78 is 6.85. The van der Waals surface area contributed by atoms with Crippen LogP contribution < -0.4 is 10.1 Å². The molecule has 0 aliphatic heterocycles. The van der Waals surface area contributed by atoms with Gasteiger partial charge in [0, 0.05) is 34.6 Å². The van der Waals surface area contributed by atoms with Gasteiger partial charge < -0.3 is 15.2 Å². The van der Waals surface area contributed by atoms with Gasteiger partial charge in [0.05, 0.1) is 11.5 Å². The normalized spacial score (nSPS) is 11.7. The summed E-state index contributed by atoms with van der Waals surface area (Å²) >= 11 is 1.35. The lowest BCUT2D eigenvalue weighted by Gasteiger charge is -2.14. The number of carboxylic acids is 1. The number of benzene rings is 3. The van der Waals surface area contributed by atoms with E-state index in [2.05, 4.69) is 22.2 Å². The third kappa shape index (κ3) is 8.05. The number of carbonyl (C=O) groups excluding carboxylic acids is 1. The number of nitrogens with zero attached hydrogens (tertiary/aromatic N) is 2. The van der Waals surface area contributed by atoms with E-state index >= 15 is 0 Å². The average Bonchev–Trinajstić information content (AvgIpc) is 3.48. The molecule has 1 unspecified atom stereocenters. The summed E-state index contributed by atoms with van der Waals surface area (Å²) in [5, 5.41) is 13.4. The van der Waals surface area contributed by atoms with E-state index in [1.165, 1.54) is 37.0 Å². The van der Waals surface area contributed by atoms with Crippen LogP contribution >= 0.6 is 11.3 Å². The molecule has 0 bridgehead atoms. The number of hydrogen-bond acceptors (Lipinski definition) is 6. The minimum absolute atomic E-state index is 0.157. The molecule has 0 saturated carbocycles. The Morgan fingerprint density at radius 1 is 0.860 bits per heavy atom. The van der Waals surface area contributed by atoms with E-state index in [4.69, 9.17) is 4.74 Å². The molecule has 5 aromatic rings. The van der Waals surface area contributed by atoms with Crippen LogP contribution in [0.1, 0.15) is 54.3 Å². The van der Waals surface area contributed by atoms with E-state index in [-0.39, 0.29) is 6.42 Å². The van der Waals surface area contributed by atoms with Crippen molar-refractivity contribution in [1.29, 1.82) is 0 Å². The molecule has 2 N–H and O–H groups in total. The van der Waals surface area contributed by atoms with Gasteiger partial charge in [-0.05, 0) is 47.2 Å². The van der Waals surface area contributed by atoms with Crippen LogP contribution in [0.3, 0.4) is 0 Å². The van der Waals surface area contributed by atoms with Crippen molar-refractivity contribution in [3.8, 4) is 28.3 Å². The first-order valence-corrected chi connectivity index (χ1v) is 15.5.